The van der Waals surface area contributed by atoms with Gasteiger partial charge in [-0.2, -0.15) is 0 Å². The first-order valence-electron chi connectivity index (χ1n) is 6.03. The minimum Gasteiger partial charge on any atom is -0.427 e. The third kappa shape index (κ3) is 3.59. The van der Waals surface area contributed by atoms with E-state index in [2.05, 4.69) is 71.0 Å². The number of benzene rings is 1. The van der Waals surface area contributed by atoms with Crippen LogP contribution < -0.4 is 5.23 Å². The van der Waals surface area contributed by atoms with E-state index in [9.17, 15) is 0 Å². The van der Waals surface area contributed by atoms with Crippen molar-refractivity contribution in [3.8, 4) is 0 Å². The maximum absolute atomic E-state index is 3.66. The number of rotatable bonds is 2. The van der Waals surface area contributed by atoms with Gasteiger partial charge in [0.05, 0.1) is 0 Å². The fourth-order valence-electron chi connectivity index (χ4n) is 2.43. The summed E-state index contributed by atoms with van der Waals surface area (Å²) in [6.07, 6.45) is 0. The molecule has 0 aliphatic carbocycles. The molecule has 1 rings (SSSR count). The molecule has 0 amide bonds. The molecule has 0 saturated carbocycles. The molecule has 1 nitrogen and oxygen atoms in total. The molecule has 0 aromatic heterocycles. The molecule has 1 aromatic carbocycles. The van der Waals surface area contributed by atoms with Gasteiger partial charge in [-0.15, -0.1) is 0 Å². The summed E-state index contributed by atoms with van der Waals surface area (Å²) in [5.41, 5.74) is 1.21. The van der Waals surface area contributed by atoms with Crippen LogP contribution >= 0.6 is 0 Å². The molecule has 1 aromatic rings. The van der Waals surface area contributed by atoms with Crippen LogP contribution in [0.5, 0.6) is 0 Å². The molecule has 16 heavy (non-hydrogen) atoms. The van der Waals surface area contributed by atoms with E-state index in [1.54, 1.807) is 0 Å². The Morgan fingerprint density at radius 1 is 0.812 bits per heavy atom. The number of anilines is 1. The Labute approximate surface area is 101 Å². The van der Waals surface area contributed by atoms with E-state index in [0.717, 1.165) is 0 Å². The second-order valence-corrected chi connectivity index (χ2v) is 6.68. The second-order valence-electron chi connectivity index (χ2n) is 6.68. The van der Waals surface area contributed by atoms with E-state index in [1.165, 1.54) is 5.69 Å². The van der Waals surface area contributed by atoms with E-state index in [4.69, 9.17) is 0 Å². The summed E-state index contributed by atoms with van der Waals surface area (Å²) in [5, 5.41) is 4.15. The van der Waals surface area contributed by atoms with Gasteiger partial charge >= 0.3 is 0 Å². The van der Waals surface area contributed by atoms with Crippen LogP contribution in [-0.2, 0) is 0 Å². The van der Waals surface area contributed by atoms with Crippen molar-refractivity contribution >= 4 is 12.5 Å². The van der Waals surface area contributed by atoms with Crippen LogP contribution in [0.1, 0.15) is 41.5 Å². The first-order chi connectivity index (χ1) is 7.21. The molecule has 0 spiro atoms. The Balaban J connectivity index is 2.89. The Kier molecular flexibility index (Phi) is 3.72. The highest BCUT2D eigenvalue weighted by Gasteiger charge is 2.39. The molecule has 1 N–H and O–H groups in total. The lowest BCUT2D eigenvalue weighted by Gasteiger charge is -2.38. The maximum Gasteiger partial charge on any atom is 0.262 e. The minimum atomic E-state index is 0.244. The number of hydrogen-bond donors (Lipinski definition) is 1. The highest BCUT2D eigenvalue weighted by atomic mass is 14.8. The third-order valence-corrected chi connectivity index (χ3v) is 2.82. The molecule has 88 valence electrons. The lowest BCUT2D eigenvalue weighted by atomic mass is 9.32. The van der Waals surface area contributed by atoms with Crippen LogP contribution in [0.25, 0.3) is 0 Å². The topological polar surface area (TPSA) is 12.0 Å². The zero-order valence-electron chi connectivity index (χ0n) is 11.5. The highest BCUT2D eigenvalue weighted by molar-refractivity contribution is 6.68. The number of para-hydroxylation sites is 1. The second kappa shape index (κ2) is 4.53. The zero-order chi connectivity index (χ0) is 12.4. The smallest absolute Gasteiger partial charge is 0.262 e. The Hall–Kier alpha value is -0.915. The molecule has 0 radical (unpaired) electrons. The predicted molar refractivity (Wildman–Crippen MR) is 75.2 cm³/mol. The van der Waals surface area contributed by atoms with Crippen molar-refractivity contribution in [1.82, 2.24) is 0 Å². The standard InChI is InChI=1S/C14H24BN/c1-13(2,3)15(14(4,5)6)16-12-10-8-7-9-11-12/h7-11,16H,1-6H3. The molecule has 0 fully saturated rings. The summed E-state index contributed by atoms with van der Waals surface area (Å²) in [6, 6.07) is 10.5. The van der Waals surface area contributed by atoms with Gasteiger partial charge < -0.3 is 5.23 Å². The van der Waals surface area contributed by atoms with Gasteiger partial charge in [0.15, 0.2) is 0 Å². The Morgan fingerprint density at radius 2 is 1.25 bits per heavy atom. The van der Waals surface area contributed by atoms with Crippen molar-refractivity contribution in [3.63, 3.8) is 0 Å². The molecule has 0 saturated heterocycles. The van der Waals surface area contributed by atoms with E-state index in [1.807, 2.05) is 6.07 Å². The van der Waals surface area contributed by atoms with Crippen molar-refractivity contribution < 1.29 is 0 Å². The molecular weight excluding hydrogens is 193 g/mol. The molecule has 0 atom stereocenters. The van der Waals surface area contributed by atoms with Crippen LogP contribution in [-0.4, -0.2) is 6.85 Å². The van der Waals surface area contributed by atoms with E-state index >= 15 is 0 Å². The molecular formula is C14H24BN. The summed E-state index contributed by atoms with van der Waals surface area (Å²) in [6.45, 7) is 14.2. The minimum absolute atomic E-state index is 0.244. The first-order valence-corrected chi connectivity index (χ1v) is 6.03. The monoisotopic (exact) mass is 217 g/mol. The Morgan fingerprint density at radius 3 is 1.62 bits per heavy atom. The molecule has 2 heteroatoms. The van der Waals surface area contributed by atoms with Crippen molar-refractivity contribution in [3.05, 3.63) is 30.3 Å². The lowest BCUT2D eigenvalue weighted by Crippen LogP contribution is -2.42. The van der Waals surface area contributed by atoms with Crippen LogP contribution in [0.15, 0.2) is 30.3 Å². The third-order valence-electron chi connectivity index (χ3n) is 2.82. The van der Waals surface area contributed by atoms with Crippen molar-refractivity contribution in [2.24, 2.45) is 0 Å². The molecule has 0 unspecified atom stereocenters. The highest BCUT2D eigenvalue weighted by Crippen LogP contribution is 2.41. The first kappa shape index (κ1) is 13.2. The van der Waals surface area contributed by atoms with Crippen LogP contribution in [0, 0.1) is 0 Å². The maximum atomic E-state index is 3.66. The predicted octanol–water partition coefficient (Wildman–Crippen LogP) is 4.69. The summed E-state index contributed by atoms with van der Waals surface area (Å²) in [7, 11) is 0. The van der Waals surface area contributed by atoms with Crippen molar-refractivity contribution in [1.29, 1.82) is 0 Å². The van der Waals surface area contributed by atoms with Crippen molar-refractivity contribution in [2.75, 3.05) is 5.23 Å². The van der Waals surface area contributed by atoms with Gasteiger partial charge in [-0.3, -0.25) is 0 Å². The van der Waals surface area contributed by atoms with Gasteiger partial charge in [0.1, 0.15) is 0 Å². The lowest BCUT2D eigenvalue weighted by molar-refractivity contribution is 0.646. The van der Waals surface area contributed by atoms with Gasteiger partial charge in [-0.1, -0.05) is 59.7 Å². The van der Waals surface area contributed by atoms with E-state index in [-0.39, 0.29) is 10.6 Å². The van der Waals surface area contributed by atoms with Crippen LogP contribution in [0.4, 0.5) is 5.69 Å². The van der Waals surface area contributed by atoms with Gasteiger partial charge in [-0.05, 0) is 22.8 Å². The van der Waals surface area contributed by atoms with Gasteiger partial charge in [-0.25, -0.2) is 0 Å². The average Bonchev–Trinajstić information content (AvgIpc) is 2.12. The van der Waals surface area contributed by atoms with Gasteiger partial charge in [0.25, 0.3) is 6.85 Å². The largest absolute Gasteiger partial charge is 0.427 e. The van der Waals surface area contributed by atoms with Gasteiger partial charge in [0, 0.05) is 5.69 Å². The summed E-state index contributed by atoms with van der Waals surface area (Å²) in [5.74, 6) is 0. The quantitative estimate of drug-likeness (QED) is 0.708. The zero-order valence-corrected chi connectivity index (χ0v) is 11.5. The average molecular weight is 217 g/mol. The molecule has 0 aliphatic heterocycles. The molecule has 0 heterocycles. The van der Waals surface area contributed by atoms with E-state index < -0.39 is 0 Å². The van der Waals surface area contributed by atoms with E-state index in [0.29, 0.717) is 6.85 Å². The summed E-state index contributed by atoms with van der Waals surface area (Å²) < 4.78 is 0. The summed E-state index contributed by atoms with van der Waals surface area (Å²) in [4.78, 5) is 0. The fraction of sp³-hybridized carbons (Fsp3) is 0.571. The number of nitrogens with one attached hydrogen (secondary N) is 1. The fourth-order valence-corrected chi connectivity index (χ4v) is 2.43. The van der Waals surface area contributed by atoms with Crippen molar-refractivity contribution in [2.45, 2.75) is 52.2 Å². The van der Waals surface area contributed by atoms with Crippen LogP contribution in [0.3, 0.4) is 0 Å². The normalized spacial score (nSPS) is 12.4. The SMILES string of the molecule is CC(C)(C)B(Nc1ccccc1)C(C)(C)C. The Bertz CT molecular complexity index is 305. The number of hydrogen-bond acceptors (Lipinski definition) is 1. The summed E-state index contributed by atoms with van der Waals surface area (Å²) >= 11 is 0. The molecule has 0 aliphatic rings. The van der Waals surface area contributed by atoms with Crippen LogP contribution in [0.2, 0.25) is 10.6 Å². The van der Waals surface area contributed by atoms with Gasteiger partial charge in [0.2, 0.25) is 0 Å². The molecule has 0 bridgehead atoms.